The number of halogens is 1. The van der Waals surface area contributed by atoms with Crippen molar-refractivity contribution in [1.29, 1.82) is 0 Å². The molecule has 0 radical (unpaired) electrons. The largest absolute Gasteiger partial charge is 0.357 e. The Morgan fingerprint density at radius 3 is 2.22 bits per heavy atom. The third-order valence-electron chi connectivity index (χ3n) is 3.35. The van der Waals surface area contributed by atoms with Crippen molar-refractivity contribution in [2.45, 2.75) is 33.1 Å². The van der Waals surface area contributed by atoms with Gasteiger partial charge in [-0.2, -0.15) is 0 Å². The summed E-state index contributed by atoms with van der Waals surface area (Å²) in [6.45, 7) is 10.5. The predicted molar refractivity (Wildman–Crippen MR) is 108 cm³/mol. The van der Waals surface area contributed by atoms with Crippen molar-refractivity contribution in [2.24, 2.45) is 4.99 Å². The van der Waals surface area contributed by atoms with E-state index in [4.69, 9.17) is 0 Å². The number of guanidine groups is 1. The van der Waals surface area contributed by atoms with E-state index in [0.717, 1.165) is 13.1 Å². The van der Waals surface area contributed by atoms with Crippen molar-refractivity contribution in [2.75, 3.05) is 26.2 Å². The summed E-state index contributed by atoms with van der Waals surface area (Å²) in [4.78, 5) is 15.8. The minimum absolute atomic E-state index is 0. The lowest BCUT2D eigenvalue weighted by molar-refractivity contribution is -0.119. The molecule has 1 rings (SSSR count). The molecule has 0 heterocycles. The van der Waals surface area contributed by atoms with Gasteiger partial charge in [-0.3, -0.25) is 4.79 Å². The predicted octanol–water partition coefficient (Wildman–Crippen LogP) is 2.27. The van der Waals surface area contributed by atoms with Crippen molar-refractivity contribution < 1.29 is 4.79 Å². The van der Waals surface area contributed by atoms with E-state index in [1.807, 2.05) is 32.0 Å². The van der Waals surface area contributed by atoms with Gasteiger partial charge < -0.3 is 16.0 Å². The lowest BCUT2D eigenvalue weighted by Crippen LogP contribution is -2.44. The highest BCUT2D eigenvalue weighted by Crippen LogP contribution is 2.21. The number of likely N-dealkylation sites (N-methyl/N-ethyl adjacent to an activating group) is 1. The number of nitrogens with zero attached hydrogens (tertiary/aromatic N) is 1. The van der Waals surface area contributed by atoms with Crippen LogP contribution in [0.4, 0.5) is 0 Å². The highest BCUT2D eigenvalue weighted by molar-refractivity contribution is 14.0. The lowest BCUT2D eigenvalue weighted by Gasteiger charge is -2.26. The van der Waals surface area contributed by atoms with Gasteiger partial charge in [0.15, 0.2) is 5.96 Å². The Labute approximate surface area is 156 Å². The summed E-state index contributed by atoms with van der Waals surface area (Å²) < 4.78 is 0. The molecule has 0 saturated carbocycles. The number of benzene rings is 1. The Hall–Kier alpha value is -1.31. The first-order valence-electron chi connectivity index (χ1n) is 7.84. The number of rotatable bonds is 7. The van der Waals surface area contributed by atoms with Gasteiger partial charge in [-0.1, -0.05) is 44.2 Å². The number of carbonyl (C=O) groups is 1. The number of aliphatic imine (C=N–C) groups is 1. The number of hydrogen-bond acceptors (Lipinski definition) is 2. The molecule has 0 atom stereocenters. The van der Waals surface area contributed by atoms with Crippen molar-refractivity contribution in [1.82, 2.24) is 16.0 Å². The van der Waals surface area contributed by atoms with Crippen LogP contribution in [-0.2, 0) is 10.2 Å². The maximum Gasteiger partial charge on any atom is 0.241 e. The zero-order valence-electron chi connectivity index (χ0n) is 14.5. The van der Waals surface area contributed by atoms with Gasteiger partial charge in [0, 0.05) is 25.0 Å². The normalized spacial score (nSPS) is 11.4. The molecule has 1 amide bonds. The fourth-order valence-corrected chi connectivity index (χ4v) is 2.04. The van der Waals surface area contributed by atoms with E-state index in [0.29, 0.717) is 12.5 Å². The van der Waals surface area contributed by atoms with Gasteiger partial charge in [0.05, 0.1) is 0 Å². The third-order valence-corrected chi connectivity index (χ3v) is 3.35. The molecule has 1 aromatic carbocycles. The van der Waals surface area contributed by atoms with Crippen molar-refractivity contribution >= 4 is 35.8 Å². The molecule has 0 aliphatic rings. The molecule has 0 aliphatic carbocycles. The topological polar surface area (TPSA) is 65.5 Å². The second-order valence-corrected chi connectivity index (χ2v) is 5.75. The van der Waals surface area contributed by atoms with Gasteiger partial charge in [0.25, 0.3) is 0 Å². The van der Waals surface area contributed by atoms with E-state index < -0.39 is 0 Å². The minimum Gasteiger partial charge on any atom is -0.357 e. The molecule has 0 saturated heterocycles. The van der Waals surface area contributed by atoms with Crippen molar-refractivity contribution in [3.05, 3.63) is 35.9 Å². The Morgan fingerprint density at radius 1 is 1.04 bits per heavy atom. The van der Waals surface area contributed by atoms with Gasteiger partial charge >= 0.3 is 0 Å². The highest BCUT2D eigenvalue weighted by atomic mass is 127. The summed E-state index contributed by atoms with van der Waals surface area (Å²) in [7, 11) is 0. The fourth-order valence-electron chi connectivity index (χ4n) is 2.04. The van der Waals surface area contributed by atoms with Crippen LogP contribution >= 0.6 is 24.0 Å². The average Bonchev–Trinajstić information content (AvgIpc) is 2.51. The van der Waals surface area contributed by atoms with Crippen LogP contribution in [0.3, 0.4) is 0 Å². The lowest BCUT2D eigenvalue weighted by atomic mass is 9.85. The molecule has 0 spiro atoms. The van der Waals surface area contributed by atoms with E-state index in [-0.39, 0.29) is 41.8 Å². The Bertz CT molecular complexity index is 489. The minimum atomic E-state index is -0.0676. The molecule has 23 heavy (non-hydrogen) atoms. The molecule has 0 aliphatic heterocycles. The summed E-state index contributed by atoms with van der Waals surface area (Å²) in [5.41, 5.74) is 1.24. The first-order valence-corrected chi connectivity index (χ1v) is 7.84. The number of hydrogen-bond donors (Lipinski definition) is 3. The van der Waals surface area contributed by atoms with Crippen LogP contribution in [0.2, 0.25) is 0 Å². The second kappa shape index (κ2) is 11.3. The first kappa shape index (κ1) is 21.7. The van der Waals surface area contributed by atoms with Gasteiger partial charge in [0.1, 0.15) is 6.54 Å². The zero-order chi connectivity index (χ0) is 16.4. The molecular weight excluding hydrogens is 403 g/mol. The maximum absolute atomic E-state index is 11.5. The van der Waals surface area contributed by atoms with Gasteiger partial charge in [-0.15, -0.1) is 24.0 Å². The molecule has 0 unspecified atom stereocenters. The van der Waals surface area contributed by atoms with E-state index in [1.54, 1.807) is 0 Å². The summed E-state index contributed by atoms with van der Waals surface area (Å²) >= 11 is 0. The summed E-state index contributed by atoms with van der Waals surface area (Å²) in [5.74, 6) is 0.597. The zero-order valence-corrected chi connectivity index (χ0v) is 16.8. The van der Waals surface area contributed by atoms with Gasteiger partial charge in [0.2, 0.25) is 5.91 Å². The smallest absolute Gasteiger partial charge is 0.241 e. The number of amides is 1. The maximum atomic E-state index is 11.5. The highest BCUT2D eigenvalue weighted by Gasteiger charge is 2.20. The fraction of sp³-hybridized carbons (Fsp3) is 0.529. The molecule has 1 aromatic rings. The van der Waals surface area contributed by atoms with Gasteiger partial charge in [-0.25, -0.2) is 4.99 Å². The Kier molecular flexibility index (Phi) is 10.6. The molecule has 0 aromatic heterocycles. The molecule has 130 valence electrons. The standard InChI is InChI=1S/C17H28N4O.HI/c1-5-18-15(22)12-20-16(19-6-2)21-13-17(3,4)14-10-8-7-9-11-14;/h7-11H,5-6,12-13H2,1-4H3,(H,18,22)(H2,19,20,21);1H. The van der Waals surface area contributed by atoms with Crippen molar-refractivity contribution in [3.63, 3.8) is 0 Å². The van der Waals surface area contributed by atoms with Crippen LogP contribution in [0.1, 0.15) is 33.3 Å². The van der Waals surface area contributed by atoms with E-state index in [1.165, 1.54) is 5.56 Å². The van der Waals surface area contributed by atoms with Crippen LogP contribution in [-0.4, -0.2) is 38.0 Å². The Balaban J connectivity index is 0.00000484. The van der Waals surface area contributed by atoms with E-state index in [9.17, 15) is 4.79 Å². The molecule has 0 fully saturated rings. The number of carbonyl (C=O) groups excluding carboxylic acids is 1. The average molecular weight is 432 g/mol. The summed E-state index contributed by atoms with van der Waals surface area (Å²) in [6, 6.07) is 10.4. The van der Waals surface area contributed by atoms with Crippen LogP contribution in [0, 0.1) is 0 Å². The molecule has 6 heteroatoms. The van der Waals surface area contributed by atoms with Crippen LogP contribution < -0.4 is 16.0 Å². The van der Waals surface area contributed by atoms with Gasteiger partial charge in [-0.05, 0) is 19.4 Å². The Morgan fingerprint density at radius 2 is 1.65 bits per heavy atom. The quantitative estimate of drug-likeness (QED) is 0.352. The second-order valence-electron chi connectivity index (χ2n) is 5.75. The molecule has 3 N–H and O–H groups in total. The molecule has 0 bridgehead atoms. The third kappa shape index (κ3) is 8.20. The SMILES string of the molecule is CCNC(=O)CN=C(NCC)NCC(C)(C)c1ccccc1.I. The van der Waals surface area contributed by atoms with E-state index in [2.05, 4.69) is 46.9 Å². The first-order chi connectivity index (χ1) is 10.5. The number of nitrogens with one attached hydrogen (secondary N) is 3. The monoisotopic (exact) mass is 432 g/mol. The van der Waals surface area contributed by atoms with E-state index >= 15 is 0 Å². The van der Waals surface area contributed by atoms with Crippen LogP contribution in [0.5, 0.6) is 0 Å². The molecule has 5 nitrogen and oxygen atoms in total. The summed E-state index contributed by atoms with van der Waals surface area (Å²) in [6.07, 6.45) is 0. The van der Waals surface area contributed by atoms with Crippen molar-refractivity contribution in [3.8, 4) is 0 Å². The molecular formula is C17H29IN4O. The summed E-state index contributed by atoms with van der Waals surface area (Å²) in [5, 5.41) is 9.22. The van der Waals surface area contributed by atoms with Crippen LogP contribution in [0.15, 0.2) is 35.3 Å². The van der Waals surface area contributed by atoms with Crippen LogP contribution in [0.25, 0.3) is 0 Å².